The number of hydrogen-bond donors (Lipinski definition) is 0. The Labute approximate surface area is 365 Å². The Morgan fingerprint density at radius 2 is 1.02 bits per heavy atom. The molecule has 0 radical (unpaired) electrons. The molecule has 3 aliphatic rings. The van der Waals surface area contributed by atoms with Gasteiger partial charge in [0.15, 0.2) is 19.2 Å². The molecule has 0 N–H and O–H groups in total. The molecule has 3 aromatic heterocycles. The zero-order valence-electron chi connectivity index (χ0n) is 34.1. The molecule has 1 unspecified atom stereocenters. The first-order chi connectivity index (χ1) is 31.2. The van der Waals surface area contributed by atoms with E-state index in [2.05, 4.69) is 249 Å². The van der Waals surface area contributed by atoms with Crippen LogP contribution in [-0.2, 0) is 5.66 Å². The normalized spacial score (nSPS) is 15.2. The number of para-hydroxylation sites is 1. The Kier molecular flexibility index (Phi) is 7.00. The Bertz CT molecular complexity index is 3540. The van der Waals surface area contributed by atoms with Crippen LogP contribution in [0.3, 0.4) is 0 Å². The number of aromatic nitrogens is 4. The SMILES string of the molecule is c1ccc([Si](c2ccccc2)(c2ccccc2)c2ccc(-c3ccc(-c4cn5[n+](c4)C46c7c(cccc7-5)Oc5ccc7c8ccccc8n(c7c54)-c4cccc[n+]46)cc3)cc2)cc1. The number of benzene rings is 8. The topological polar surface area (TPSA) is 26.8 Å². The van der Waals surface area contributed by atoms with E-state index < -0.39 is 13.7 Å². The summed E-state index contributed by atoms with van der Waals surface area (Å²) in [7, 11) is -2.60. The van der Waals surface area contributed by atoms with Crippen molar-refractivity contribution in [3.8, 4) is 45.3 Å². The molecule has 0 bridgehead atoms. The van der Waals surface area contributed by atoms with Gasteiger partial charge in [0.25, 0.3) is 5.82 Å². The Balaban J connectivity index is 0.898. The van der Waals surface area contributed by atoms with Crippen molar-refractivity contribution in [1.82, 2.24) is 9.25 Å². The van der Waals surface area contributed by atoms with Gasteiger partial charge in [0.05, 0.1) is 18.0 Å². The molecule has 11 aromatic rings. The fraction of sp³-hybridized carbons (Fsp3) is 0.0175. The van der Waals surface area contributed by atoms with Crippen LogP contribution in [0.2, 0.25) is 0 Å². The van der Waals surface area contributed by atoms with Crippen molar-refractivity contribution in [2.45, 2.75) is 5.66 Å². The summed E-state index contributed by atoms with van der Waals surface area (Å²) in [6, 6.07) is 78.0. The number of hydrogen-bond acceptors (Lipinski definition) is 1. The number of nitrogens with zero attached hydrogens (tertiary/aromatic N) is 4. The first-order valence-corrected chi connectivity index (χ1v) is 23.7. The molecule has 0 saturated carbocycles. The van der Waals surface area contributed by atoms with Crippen molar-refractivity contribution >= 4 is 50.6 Å². The molecule has 0 aliphatic carbocycles. The van der Waals surface area contributed by atoms with Crippen LogP contribution < -0.4 is 34.7 Å². The van der Waals surface area contributed by atoms with Crippen molar-refractivity contribution in [2.24, 2.45) is 0 Å². The van der Waals surface area contributed by atoms with Gasteiger partial charge in [-0.05, 0) is 79.9 Å². The number of ether oxygens (including phenoxy) is 1. The smallest absolute Gasteiger partial charge is 0.397 e. The lowest BCUT2D eigenvalue weighted by atomic mass is 9.84. The standard InChI is InChI=1S/C57H38N4OSi/c1-4-15-43(16-5-1)63(44-17-6-2-7-18-44,45-19-8-3-9-20-45)46-32-30-40(31-33-46)39-26-28-41(29-27-39)42-37-59-50-23-14-24-51-54(50)57(60(59)38-42)55-52(62-51)35-34-48-47-21-10-11-22-49(47)61(56(48)55)53-25-12-13-36-58(53)57/h1-38H/q+2. The molecular formula is C57H38N4OSi+2. The molecule has 6 heterocycles. The van der Waals surface area contributed by atoms with E-state index in [1.165, 1.54) is 53.7 Å². The zero-order chi connectivity index (χ0) is 41.3. The molecule has 63 heavy (non-hydrogen) atoms. The molecule has 3 aliphatic heterocycles. The summed E-state index contributed by atoms with van der Waals surface area (Å²) in [5.74, 6) is 2.88. The molecule has 8 aromatic carbocycles. The second-order valence-electron chi connectivity index (χ2n) is 16.9. The van der Waals surface area contributed by atoms with Gasteiger partial charge < -0.3 is 4.74 Å². The second-order valence-corrected chi connectivity index (χ2v) is 20.8. The van der Waals surface area contributed by atoms with Gasteiger partial charge in [0.2, 0.25) is 6.20 Å². The van der Waals surface area contributed by atoms with Crippen molar-refractivity contribution in [2.75, 3.05) is 0 Å². The van der Waals surface area contributed by atoms with Gasteiger partial charge >= 0.3 is 5.66 Å². The third-order valence-electron chi connectivity index (χ3n) is 14.0. The Hall–Kier alpha value is -8.06. The first kappa shape index (κ1) is 34.6. The van der Waals surface area contributed by atoms with Crippen molar-refractivity contribution in [1.29, 1.82) is 0 Å². The molecule has 14 rings (SSSR count). The average molecular weight is 823 g/mol. The van der Waals surface area contributed by atoms with Crippen molar-refractivity contribution in [3.05, 3.63) is 242 Å². The molecule has 294 valence electrons. The van der Waals surface area contributed by atoms with Gasteiger partial charge in [0, 0.05) is 16.8 Å². The molecule has 1 spiro atoms. The molecule has 0 fully saturated rings. The first-order valence-electron chi connectivity index (χ1n) is 21.7. The lowest BCUT2D eigenvalue weighted by Crippen LogP contribution is -2.76. The lowest BCUT2D eigenvalue weighted by Gasteiger charge is -2.34. The largest absolute Gasteiger partial charge is 0.456 e. The second kappa shape index (κ2) is 12.7. The van der Waals surface area contributed by atoms with E-state index in [4.69, 9.17) is 4.74 Å². The highest BCUT2D eigenvalue weighted by atomic mass is 28.3. The van der Waals surface area contributed by atoms with Gasteiger partial charge in [-0.25, -0.2) is 0 Å². The summed E-state index contributed by atoms with van der Waals surface area (Å²) < 4.78 is 16.5. The fourth-order valence-corrected chi connectivity index (χ4v) is 16.1. The van der Waals surface area contributed by atoms with Gasteiger partial charge in [0.1, 0.15) is 28.3 Å². The Morgan fingerprint density at radius 3 is 1.70 bits per heavy atom. The molecule has 5 nitrogen and oxygen atoms in total. The molecular weight excluding hydrogens is 785 g/mol. The summed E-state index contributed by atoms with van der Waals surface area (Å²) in [4.78, 5) is 0. The summed E-state index contributed by atoms with van der Waals surface area (Å²) in [5.41, 5.74) is 9.80. The minimum atomic E-state index is -2.60. The summed E-state index contributed by atoms with van der Waals surface area (Å²) in [6.07, 6.45) is 6.87. The predicted octanol–water partition coefficient (Wildman–Crippen LogP) is 8.89. The van der Waals surface area contributed by atoms with Crippen LogP contribution in [0.1, 0.15) is 11.1 Å². The van der Waals surface area contributed by atoms with E-state index in [0.29, 0.717) is 0 Å². The van der Waals surface area contributed by atoms with Gasteiger partial charge in [-0.3, -0.25) is 0 Å². The summed E-state index contributed by atoms with van der Waals surface area (Å²) in [6.45, 7) is 0. The van der Waals surface area contributed by atoms with Gasteiger partial charge in [-0.15, -0.1) is 4.68 Å². The molecule has 0 saturated heterocycles. The van der Waals surface area contributed by atoms with Crippen LogP contribution in [0.15, 0.2) is 231 Å². The quantitative estimate of drug-likeness (QED) is 0.0936. The van der Waals surface area contributed by atoms with Gasteiger partial charge in [-0.1, -0.05) is 168 Å². The summed E-state index contributed by atoms with van der Waals surface area (Å²) in [5, 5.41) is 7.96. The number of rotatable bonds is 6. The highest BCUT2D eigenvalue weighted by Crippen LogP contribution is 2.55. The monoisotopic (exact) mass is 822 g/mol. The van der Waals surface area contributed by atoms with E-state index in [9.17, 15) is 0 Å². The van der Waals surface area contributed by atoms with Crippen molar-refractivity contribution < 1.29 is 14.0 Å². The third kappa shape index (κ3) is 4.44. The van der Waals surface area contributed by atoms with E-state index in [-0.39, 0.29) is 0 Å². The predicted molar refractivity (Wildman–Crippen MR) is 253 cm³/mol. The maximum Gasteiger partial charge on any atom is 0.397 e. The maximum absolute atomic E-state index is 6.85. The minimum absolute atomic E-state index is 0.711. The summed E-state index contributed by atoms with van der Waals surface area (Å²) >= 11 is 0. The zero-order valence-corrected chi connectivity index (χ0v) is 35.1. The van der Waals surface area contributed by atoms with Crippen LogP contribution in [0, 0.1) is 0 Å². The van der Waals surface area contributed by atoms with E-state index in [1.54, 1.807) is 0 Å². The molecule has 1 atom stereocenters. The minimum Gasteiger partial charge on any atom is -0.456 e. The highest BCUT2D eigenvalue weighted by molar-refractivity contribution is 7.19. The lowest BCUT2D eigenvalue weighted by molar-refractivity contribution is -0.993. The van der Waals surface area contributed by atoms with Crippen LogP contribution in [-0.4, -0.2) is 17.3 Å². The number of pyridine rings is 1. The average Bonchev–Trinajstić information content (AvgIpc) is 4.03. The Morgan fingerprint density at radius 1 is 0.444 bits per heavy atom. The number of fused-ring (bicyclic) bond motifs is 7. The van der Waals surface area contributed by atoms with Crippen LogP contribution >= 0.6 is 0 Å². The van der Waals surface area contributed by atoms with E-state index in [1.807, 2.05) is 0 Å². The third-order valence-corrected chi connectivity index (χ3v) is 18.8. The maximum atomic E-state index is 6.85. The fourth-order valence-electron chi connectivity index (χ4n) is 11.4. The van der Waals surface area contributed by atoms with Gasteiger partial charge in [-0.2, -0.15) is 9.13 Å². The van der Waals surface area contributed by atoms with Crippen LogP contribution in [0.25, 0.3) is 55.6 Å². The highest BCUT2D eigenvalue weighted by Gasteiger charge is 2.68. The molecule has 6 heteroatoms. The van der Waals surface area contributed by atoms with Crippen LogP contribution in [0.5, 0.6) is 11.5 Å². The van der Waals surface area contributed by atoms with E-state index >= 15 is 0 Å². The molecule has 0 amide bonds. The van der Waals surface area contributed by atoms with Crippen LogP contribution in [0.4, 0.5) is 0 Å². The van der Waals surface area contributed by atoms with Crippen molar-refractivity contribution in [3.63, 3.8) is 0 Å². The van der Waals surface area contributed by atoms with E-state index in [0.717, 1.165) is 45.3 Å².